The lowest BCUT2D eigenvalue weighted by Gasteiger charge is -2.25. The molecule has 2 unspecified atom stereocenters. The van der Waals surface area contributed by atoms with Gasteiger partial charge < -0.3 is 25.3 Å². The number of aliphatic hydroxyl groups excluding tert-OH is 3. The van der Waals surface area contributed by atoms with Crippen LogP contribution in [-0.2, 0) is 0 Å². The van der Waals surface area contributed by atoms with E-state index in [1.54, 1.807) is 48.5 Å². The maximum absolute atomic E-state index is 11.5. The van der Waals surface area contributed by atoms with Crippen LogP contribution in [0.1, 0.15) is 23.3 Å². The summed E-state index contributed by atoms with van der Waals surface area (Å²) < 4.78 is 0. The molecule has 2 aromatic carbocycles. The predicted octanol–water partition coefficient (Wildman–Crippen LogP) is 1.50. The van der Waals surface area contributed by atoms with Crippen LogP contribution in [0.25, 0.3) is 21.8 Å². The van der Waals surface area contributed by atoms with Crippen LogP contribution in [0, 0.1) is 0 Å². The number of benzene rings is 2. The van der Waals surface area contributed by atoms with Crippen LogP contribution >= 0.6 is 0 Å². The molecule has 2 heterocycles. The van der Waals surface area contributed by atoms with Crippen molar-refractivity contribution in [3.8, 4) is 0 Å². The van der Waals surface area contributed by atoms with Gasteiger partial charge in [-0.2, -0.15) is 0 Å². The normalized spacial score (nSPS) is 14.8. The van der Waals surface area contributed by atoms with Crippen LogP contribution in [0.3, 0.4) is 0 Å². The Labute approximate surface area is 158 Å². The van der Waals surface area contributed by atoms with Crippen LogP contribution in [-0.4, -0.2) is 31.4 Å². The van der Waals surface area contributed by atoms with Gasteiger partial charge in [0, 0.05) is 33.9 Å². The van der Waals surface area contributed by atoms with Gasteiger partial charge in [0.2, 0.25) is 11.1 Å². The average Bonchev–Trinajstić information content (AvgIpc) is 2.70. The van der Waals surface area contributed by atoms with Gasteiger partial charge in [0.1, 0.15) is 18.3 Å². The second kappa shape index (κ2) is 7.05. The van der Waals surface area contributed by atoms with Crippen molar-refractivity contribution >= 4 is 21.8 Å². The number of aromatic nitrogens is 2. The number of hydrogen-bond acceptors (Lipinski definition) is 5. The highest BCUT2D eigenvalue weighted by molar-refractivity contribution is 5.83. The molecule has 0 radical (unpaired) electrons. The van der Waals surface area contributed by atoms with E-state index in [-0.39, 0.29) is 11.1 Å². The Balaban J connectivity index is 1.75. The standard InChI is InChI=1S/C21H18N2O5/c24-17-9-7-11-13(3-1-5-15(11)22-17)19(26)21(28)20(27)14-4-2-6-16-12(14)8-10-18(25)23-16/h1-10,19-21,26-28H,(H,22,24)(H,23,25). The smallest absolute Gasteiger partial charge is 0.248 e. The number of aromatic amines is 2. The summed E-state index contributed by atoms with van der Waals surface area (Å²) >= 11 is 0. The first-order chi connectivity index (χ1) is 13.5. The largest absolute Gasteiger partial charge is 0.387 e. The molecule has 0 amide bonds. The first kappa shape index (κ1) is 18.1. The van der Waals surface area contributed by atoms with Crippen molar-refractivity contribution in [1.29, 1.82) is 0 Å². The summed E-state index contributed by atoms with van der Waals surface area (Å²) in [6.07, 6.45) is -4.33. The summed E-state index contributed by atoms with van der Waals surface area (Å²) in [4.78, 5) is 28.4. The molecule has 0 bridgehead atoms. The third-order valence-electron chi connectivity index (χ3n) is 4.88. The molecular weight excluding hydrogens is 360 g/mol. The Morgan fingerprint density at radius 2 is 1.04 bits per heavy atom. The minimum Gasteiger partial charge on any atom is -0.387 e. The zero-order valence-corrected chi connectivity index (χ0v) is 14.7. The first-order valence-electron chi connectivity index (χ1n) is 8.74. The monoisotopic (exact) mass is 378 g/mol. The summed E-state index contributed by atoms with van der Waals surface area (Å²) in [5.74, 6) is 0. The molecule has 4 aromatic rings. The third-order valence-corrected chi connectivity index (χ3v) is 4.88. The molecule has 142 valence electrons. The van der Waals surface area contributed by atoms with E-state index in [0.717, 1.165) is 0 Å². The minimum atomic E-state index is -1.53. The van der Waals surface area contributed by atoms with E-state index in [9.17, 15) is 24.9 Å². The lowest BCUT2D eigenvalue weighted by atomic mass is 9.92. The van der Waals surface area contributed by atoms with Gasteiger partial charge in [0.15, 0.2) is 0 Å². The fourth-order valence-electron chi connectivity index (χ4n) is 3.48. The number of nitrogens with one attached hydrogen (secondary N) is 2. The summed E-state index contributed by atoms with van der Waals surface area (Å²) in [5.41, 5.74) is 1.26. The van der Waals surface area contributed by atoms with Crippen molar-refractivity contribution in [3.63, 3.8) is 0 Å². The Kier molecular flexibility index (Phi) is 4.56. The molecule has 2 atom stereocenters. The minimum absolute atomic E-state index is 0.274. The van der Waals surface area contributed by atoms with Gasteiger partial charge in [-0.3, -0.25) is 9.59 Å². The molecule has 0 aliphatic rings. The maximum atomic E-state index is 11.5. The highest BCUT2D eigenvalue weighted by atomic mass is 16.4. The molecule has 0 saturated carbocycles. The molecule has 0 aliphatic heterocycles. The van der Waals surface area contributed by atoms with Gasteiger partial charge in [0.25, 0.3) is 0 Å². The molecule has 2 aromatic heterocycles. The molecule has 0 fully saturated rings. The maximum Gasteiger partial charge on any atom is 0.248 e. The number of aliphatic hydroxyl groups is 3. The first-order valence-corrected chi connectivity index (χ1v) is 8.74. The molecule has 7 heteroatoms. The summed E-state index contributed by atoms with van der Waals surface area (Å²) in [7, 11) is 0. The van der Waals surface area contributed by atoms with Crippen LogP contribution in [0.15, 0.2) is 70.3 Å². The fraction of sp³-hybridized carbons (Fsp3) is 0.143. The molecule has 5 N–H and O–H groups in total. The Hall–Kier alpha value is -3.26. The van der Waals surface area contributed by atoms with Gasteiger partial charge in [-0.05, 0) is 35.4 Å². The van der Waals surface area contributed by atoms with E-state index in [4.69, 9.17) is 0 Å². The third kappa shape index (κ3) is 3.11. The van der Waals surface area contributed by atoms with Crippen molar-refractivity contribution in [1.82, 2.24) is 9.97 Å². The lowest BCUT2D eigenvalue weighted by Crippen LogP contribution is -2.26. The number of pyridine rings is 2. The second-order valence-electron chi connectivity index (χ2n) is 6.64. The predicted molar refractivity (Wildman–Crippen MR) is 105 cm³/mol. The van der Waals surface area contributed by atoms with Crippen LogP contribution < -0.4 is 11.1 Å². The van der Waals surface area contributed by atoms with Crippen LogP contribution in [0.2, 0.25) is 0 Å². The van der Waals surface area contributed by atoms with Gasteiger partial charge >= 0.3 is 0 Å². The molecular formula is C21H18N2O5. The van der Waals surface area contributed by atoms with E-state index in [0.29, 0.717) is 32.9 Å². The summed E-state index contributed by atoms with van der Waals surface area (Å²) in [6.45, 7) is 0. The average molecular weight is 378 g/mol. The Morgan fingerprint density at radius 3 is 1.46 bits per heavy atom. The topological polar surface area (TPSA) is 126 Å². The SMILES string of the molecule is O=c1ccc2c(C(O)C(O)C(O)c3cccc4[nH]c(=O)ccc34)cccc2[nH]1. The van der Waals surface area contributed by atoms with Crippen molar-refractivity contribution in [2.24, 2.45) is 0 Å². The van der Waals surface area contributed by atoms with Crippen molar-refractivity contribution in [3.05, 3.63) is 92.5 Å². The van der Waals surface area contributed by atoms with Crippen molar-refractivity contribution in [2.45, 2.75) is 18.3 Å². The molecule has 0 saturated heterocycles. The molecule has 7 nitrogen and oxygen atoms in total. The zero-order valence-electron chi connectivity index (χ0n) is 14.7. The summed E-state index contributed by atoms with van der Waals surface area (Å²) in [6, 6.07) is 15.7. The molecule has 28 heavy (non-hydrogen) atoms. The number of rotatable bonds is 4. The van der Waals surface area contributed by atoms with E-state index in [1.165, 1.54) is 12.1 Å². The Morgan fingerprint density at radius 1 is 0.607 bits per heavy atom. The molecule has 0 spiro atoms. The van der Waals surface area contributed by atoms with E-state index in [2.05, 4.69) is 9.97 Å². The number of H-pyrrole nitrogens is 2. The highest BCUT2D eigenvalue weighted by Crippen LogP contribution is 2.32. The molecule has 0 aliphatic carbocycles. The van der Waals surface area contributed by atoms with Gasteiger partial charge in [-0.25, -0.2) is 0 Å². The number of hydrogen-bond donors (Lipinski definition) is 5. The quantitative estimate of drug-likeness (QED) is 0.368. The van der Waals surface area contributed by atoms with Crippen LogP contribution in [0.4, 0.5) is 0 Å². The zero-order chi connectivity index (χ0) is 19.8. The highest BCUT2D eigenvalue weighted by Gasteiger charge is 2.29. The van der Waals surface area contributed by atoms with Gasteiger partial charge in [0.05, 0.1) is 0 Å². The van der Waals surface area contributed by atoms with Gasteiger partial charge in [-0.1, -0.05) is 24.3 Å². The number of fused-ring (bicyclic) bond motifs is 2. The Bertz CT molecular complexity index is 1180. The lowest BCUT2D eigenvalue weighted by molar-refractivity contribution is -0.0611. The van der Waals surface area contributed by atoms with Crippen molar-refractivity contribution in [2.75, 3.05) is 0 Å². The van der Waals surface area contributed by atoms with E-state index in [1.807, 2.05) is 0 Å². The van der Waals surface area contributed by atoms with E-state index >= 15 is 0 Å². The van der Waals surface area contributed by atoms with Gasteiger partial charge in [-0.15, -0.1) is 0 Å². The summed E-state index contributed by atoms with van der Waals surface area (Å²) in [5, 5.41) is 33.3. The fourth-order valence-corrected chi connectivity index (χ4v) is 3.48. The van der Waals surface area contributed by atoms with Crippen LogP contribution in [0.5, 0.6) is 0 Å². The van der Waals surface area contributed by atoms with Crippen molar-refractivity contribution < 1.29 is 15.3 Å². The molecule has 4 rings (SSSR count). The van der Waals surface area contributed by atoms with E-state index < -0.39 is 18.3 Å². The second-order valence-corrected chi connectivity index (χ2v) is 6.64.